The summed E-state index contributed by atoms with van der Waals surface area (Å²) in [5.74, 6) is 1.34. The van der Waals surface area contributed by atoms with Gasteiger partial charge in [-0.25, -0.2) is 0 Å². The topological polar surface area (TPSA) is 76.2 Å². The predicted molar refractivity (Wildman–Crippen MR) is 116 cm³/mol. The van der Waals surface area contributed by atoms with Gasteiger partial charge >= 0.3 is 0 Å². The van der Waals surface area contributed by atoms with Gasteiger partial charge in [0.1, 0.15) is 0 Å². The summed E-state index contributed by atoms with van der Waals surface area (Å²) < 4.78 is 10.7. The monoisotopic (exact) mass is 399 g/mol. The highest BCUT2D eigenvalue weighted by Gasteiger charge is 2.16. The van der Waals surface area contributed by atoms with Crippen LogP contribution in [0.3, 0.4) is 0 Å². The number of nitrogens with zero attached hydrogens (tertiary/aromatic N) is 1. The molecule has 5 rings (SSSR count). The van der Waals surface area contributed by atoms with Gasteiger partial charge in [-0.3, -0.25) is 9.78 Å². The third kappa shape index (κ3) is 3.59. The number of amides is 1. The van der Waals surface area contributed by atoms with E-state index in [0.29, 0.717) is 23.6 Å². The largest absolute Gasteiger partial charge is 0.454 e. The van der Waals surface area contributed by atoms with E-state index in [1.165, 1.54) is 10.9 Å². The van der Waals surface area contributed by atoms with E-state index < -0.39 is 0 Å². The van der Waals surface area contributed by atoms with Crippen molar-refractivity contribution in [3.8, 4) is 22.9 Å². The van der Waals surface area contributed by atoms with Crippen molar-refractivity contribution in [3.05, 3.63) is 72.4 Å². The highest BCUT2D eigenvalue weighted by Crippen LogP contribution is 2.34. The number of H-pyrrole nitrogens is 1. The van der Waals surface area contributed by atoms with Gasteiger partial charge in [0.25, 0.3) is 0 Å². The van der Waals surface area contributed by atoms with E-state index >= 15 is 0 Å². The molecule has 0 saturated carbocycles. The fraction of sp³-hybridized carbons (Fsp3) is 0.167. The van der Waals surface area contributed by atoms with Gasteiger partial charge in [0.2, 0.25) is 12.7 Å². The Morgan fingerprint density at radius 3 is 2.80 bits per heavy atom. The summed E-state index contributed by atoms with van der Waals surface area (Å²) in [7, 11) is 0. The van der Waals surface area contributed by atoms with Gasteiger partial charge in [-0.15, -0.1) is 0 Å². The number of hydrogen-bond acceptors (Lipinski definition) is 4. The van der Waals surface area contributed by atoms with Crippen molar-refractivity contribution in [1.82, 2.24) is 9.97 Å². The van der Waals surface area contributed by atoms with Crippen molar-refractivity contribution in [2.45, 2.75) is 19.3 Å². The van der Waals surface area contributed by atoms with Crippen molar-refractivity contribution in [3.63, 3.8) is 0 Å². The average molecular weight is 399 g/mol. The lowest BCUT2D eigenvalue weighted by Crippen LogP contribution is -2.11. The summed E-state index contributed by atoms with van der Waals surface area (Å²) in [5, 5.41) is 4.12. The first-order valence-electron chi connectivity index (χ1n) is 9.98. The molecule has 0 fully saturated rings. The summed E-state index contributed by atoms with van der Waals surface area (Å²) in [5.41, 5.74) is 4.92. The van der Waals surface area contributed by atoms with Gasteiger partial charge in [0.15, 0.2) is 11.5 Å². The van der Waals surface area contributed by atoms with Crippen LogP contribution >= 0.6 is 0 Å². The average Bonchev–Trinajstić information content (AvgIpc) is 3.39. The van der Waals surface area contributed by atoms with Crippen molar-refractivity contribution in [1.29, 1.82) is 0 Å². The number of para-hydroxylation sites is 1. The van der Waals surface area contributed by atoms with Gasteiger partial charge in [-0.1, -0.05) is 24.3 Å². The highest BCUT2D eigenvalue weighted by molar-refractivity contribution is 5.92. The molecule has 2 aromatic carbocycles. The minimum absolute atomic E-state index is 0.0203. The van der Waals surface area contributed by atoms with Crippen molar-refractivity contribution in [2.75, 3.05) is 12.1 Å². The summed E-state index contributed by atoms with van der Waals surface area (Å²) in [4.78, 5) is 20.4. The molecule has 6 heteroatoms. The molecule has 3 heterocycles. The number of fused-ring (bicyclic) bond motifs is 2. The van der Waals surface area contributed by atoms with Crippen LogP contribution in [0.4, 0.5) is 5.69 Å². The van der Waals surface area contributed by atoms with Gasteiger partial charge in [0.05, 0.1) is 11.4 Å². The number of aryl methyl sites for hydroxylation is 1. The summed E-state index contributed by atoms with van der Waals surface area (Å²) >= 11 is 0. The molecule has 0 atom stereocenters. The van der Waals surface area contributed by atoms with Gasteiger partial charge < -0.3 is 19.8 Å². The van der Waals surface area contributed by atoms with Crippen molar-refractivity contribution in [2.24, 2.45) is 0 Å². The molecule has 1 aliphatic rings. The number of ether oxygens (including phenoxy) is 2. The zero-order valence-electron chi connectivity index (χ0n) is 16.4. The Labute approximate surface area is 173 Å². The van der Waals surface area contributed by atoms with Crippen molar-refractivity contribution >= 4 is 22.5 Å². The van der Waals surface area contributed by atoms with Crippen LogP contribution in [0.2, 0.25) is 0 Å². The Hall–Kier alpha value is -3.80. The van der Waals surface area contributed by atoms with Crippen LogP contribution in [0.1, 0.15) is 18.4 Å². The van der Waals surface area contributed by atoms with Gasteiger partial charge in [-0.2, -0.15) is 0 Å². The second-order valence-corrected chi connectivity index (χ2v) is 7.21. The molecule has 1 amide bonds. The Balaban J connectivity index is 1.29. The second kappa shape index (κ2) is 7.91. The van der Waals surface area contributed by atoms with Crippen LogP contribution in [0.15, 0.2) is 66.9 Å². The van der Waals surface area contributed by atoms with Crippen LogP contribution in [0.5, 0.6) is 11.5 Å². The molecular weight excluding hydrogens is 378 g/mol. The first-order valence-corrected chi connectivity index (χ1v) is 9.98. The van der Waals surface area contributed by atoms with Gasteiger partial charge in [-0.05, 0) is 48.7 Å². The molecule has 2 aromatic heterocycles. The highest BCUT2D eigenvalue weighted by atomic mass is 16.7. The van der Waals surface area contributed by atoms with E-state index in [4.69, 9.17) is 9.47 Å². The molecule has 2 N–H and O–H groups in total. The van der Waals surface area contributed by atoms with E-state index in [-0.39, 0.29) is 12.7 Å². The molecule has 0 aliphatic carbocycles. The molecule has 0 bridgehead atoms. The fourth-order valence-electron chi connectivity index (χ4n) is 3.81. The lowest BCUT2D eigenvalue weighted by molar-refractivity contribution is -0.116. The van der Waals surface area contributed by atoms with E-state index in [1.807, 2.05) is 42.5 Å². The van der Waals surface area contributed by atoms with Crippen LogP contribution in [0.25, 0.3) is 22.3 Å². The molecule has 4 aromatic rings. The third-order valence-corrected chi connectivity index (χ3v) is 5.22. The maximum Gasteiger partial charge on any atom is 0.231 e. The summed E-state index contributed by atoms with van der Waals surface area (Å²) in [6.07, 6.45) is 3.74. The number of hydrogen-bond donors (Lipinski definition) is 2. The molecule has 30 heavy (non-hydrogen) atoms. The van der Waals surface area contributed by atoms with Gasteiger partial charge in [0, 0.05) is 35.3 Å². The maximum atomic E-state index is 12.5. The van der Waals surface area contributed by atoms with E-state index in [9.17, 15) is 4.79 Å². The number of rotatable bonds is 6. The second-order valence-electron chi connectivity index (χ2n) is 7.21. The molecule has 1 aliphatic heterocycles. The molecule has 0 radical (unpaired) electrons. The molecular formula is C24H21N3O3. The number of carbonyl (C=O) groups excluding carboxylic acids is 1. The minimum atomic E-state index is -0.0203. The number of aromatic amines is 1. The SMILES string of the molecule is O=C(CCCc1c(-c2ccccn2)[nH]c2ccccc12)Nc1ccc2c(c1)OCO2. The Morgan fingerprint density at radius 2 is 1.90 bits per heavy atom. The normalized spacial score (nSPS) is 12.3. The lowest BCUT2D eigenvalue weighted by Gasteiger charge is -2.07. The van der Waals surface area contributed by atoms with E-state index in [1.54, 1.807) is 12.3 Å². The molecule has 0 unspecified atom stereocenters. The Bertz CT molecular complexity index is 1200. The first-order chi connectivity index (χ1) is 14.8. The zero-order chi connectivity index (χ0) is 20.3. The minimum Gasteiger partial charge on any atom is -0.454 e. The predicted octanol–water partition coefficient (Wildman–Crippen LogP) is 4.92. The number of anilines is 1. The molecule has 6 nitrogen and oxygen atoms in total. The zero-order valence-corrected chi connectivity index (χ0v) is 16.4. The number of nitrogens with one attached hydrogen (secondary N) is 2. The number of aromatic nitrogens is 2. The fourth-order valence-corrected chi connectivity index (χ4v) is 3.81. The number of pyridine rings is 1. The molecule has 0 spiro atoms. The quantitative estimate of drug-likeness (QED) is 0.482. The van der Waals surface area contributed by atoms with Crippen LogP contribution in [-0.4, -0.2) is 22.7 Å². The van der Waals surface area contributed by atoms with Crippen LogP contribution < -0.4 is 14.8 Å². The lowest BCUT2D eigenvalue weighted by atomic mass is 10.0. The summed E-state index contributed by atoms with van der Waals surface area (Å²) in [6.45, 7) is 0.218. The molecule has 150 valence electrons. The summed E-state index contributed by atoms with van der Waals surface area (Å²) in [6, 6.07) is 19.5. The third-order valence-electron chi connectivity index (χ3n) is 5.22. The standard InChI is InChI=1S/C24H21N3O3/c28-23(26-16-11-12-21-22(14-16)30-15-29-21)10-5-7-18-17-6-1-2-8-19(17)27-24(18)20-9-3-4-13-25-20/h1-4,6,8-9,11-14,27H,5,7,10,15H2,(H,26,28). The van der Waals surface area contributed by atoms with Crippen LogP contribution in [0, 0.1) is 0 Å². The number of carbonyl (C=O) groups is 1. The maximum absolute atomic E-state index is 12.5. The Kier molecular flexibility index (Phi) is 4.81. The first kappa shape index (κ1) is 18.2. The molecule has 0 saturated heterocycles. The smallest absolute Gasteiger partial charge is 0.231 e. The number of benzene rings is 2. The van der Waals surface area contributed by atoms with E-state index in [0.717, 1.165) is 29.7 Å². The Morgan fingerprint density at radius 1 is 1.03 bits per heavy atom. The van der Waals surface area contributed by atoms with Crippen LogP contribution in [-0.2, 0) is 11.2 Å². The van der Waals surface area contributed by atoms with E-state index in [2.05, 4.69) is 27.4 Å². The van der Waals surface area contributed by atoms with Crippen molar-refractivity contribution < 1.29 is 14.3 Å².